The Kier molecular flexibility index (Phi) is 5.01. The van der Waals surface area contributed by atoms with E-state index in [9.17, 15) is 4.79 Å². The fraction of sp³-hybridized carbons (Fsp3) is 0.929. The van der Waals surface area contributed by atoms with E-state index in [0.717, 1.165) is 24.3 Å². The molecule has 2 saturated carbocycles. The monoisotopic (exact) mass is 255 g/mol. The minimum absolute atomic E-state index is 0.0916. The molecule has 2 fully saturated rings. The molecule has 2 bridgehead atoms. The third-order valence-corrected chi connectivity index (χ3v) is 4.48. The first-order valence-corrected chi connectivity index (χ1v) is 7.01. The van der Waals surface area contributed by atoms with E-state index < -0.39 is 0 Å². The first-order valence-electron chi connectivity index (χ1n) is 7.01. The van der Waals surface area contributed by atoms with Crippen molar-refractivity contribution in [3.8, 4) is 0 Å². The second kappa shape index (κ2) is 6.53. The van der Waals surface area contributed by atoms with E-state index in [1.54, 1.807) is 7.11 Å². The van der Waals surface area contributed by atoms with Crippen LogP contribution in [0.1, 0.15) is 25.7 Å². The van der Waals surface area contributed by atoms with Crippen LogP contribution in [0.2, 0.25) is 0 Å². The highest BCUT2D eigenvalue weighted by molar-refractivity contribution is 5.77. The molecule has 0 heterocycles. The van der Waals surface area contributed by atoms with E-state index in [-0.39, 0.29) is 12.5 Å². The van der Waals surface area contributed by atoms with Gasteiger partial charge in [-0.05, 0) is 37.0 Å². The maximum atomic E-state index is 11.9. The number of fused-ring (bicyclic) bond motifs is 2. The van der Waals surface area contributed by atoms with Crippen LogP contribution in [0, 0.1) is 17.8 Å². The summed E-state index contributed by atoms with van der Waals surface area (Å²) in [5.41, 5.74) is 0. The molecule has 104 valence electrons. The highest BCUT2D eigenvalue weighted by Gasteiger charge is 2.39. The summed E-state index contributed by atoms with van der Waals surface area (Å²) in [6, 6.07) is 0. The lowest BCUT2D eigenvalue weighted by atomic mass is 9.88. The van der Waals surface area contributed by atoms with Crippen LogP contribution in [0.4, 0.5) is 0 Å². The van der Waals surface area contributed by atoms with Gasteiger partial charge in [-0.15, -0.1) is 0 Å². The van der Waals surface area contributed by atoms with Gasteiger partial charge in [0.05, 0.1) is 13.2 Å². The Labute approximate surface area is 110 Å². The summed E-state index contributed by atoms with van der Waals surface area (Å²) >= 11 is 0. The molecular formula is C14H25NO3. The third-order valence-electron chi connectivity index (χ3n) is 4.48. The Morgan fingerprint density at radius 2 is 2.11 bits per heavy atom. The lowest BCUT2D eigenvalue weighted by Gasteiger charge is -2.27. The molecule has 4 heteroatoms. The van der Waals surface area contributed by atoms with Crippen LogP contribution in [0.15, 0.2) is 0 Å². The van der Waals surface area contributed by atoms with Gasteiger partial charge in [-0.2, -0.15) is 0 Å². The van der Waals surface area contributed by atoms with Gasteiger partial charge in [0.2, 0.25) is 5.91 Å². The number of nitrogens with zero attached hydrogens (tertiary/aromatic N) is 1. The first kappa shape index (κ1) is 13.8. The fourth-order valence-electron chi connectivity index (χ4n) is 3.47. The molecule has 0 aromatic heterocycles. The molecule has 0 saturated heterocycles. The predicted molar refractivity (Wildman–Crippen MR) is 69.3 cm³/mol. The molecule has 1 amide bonds. The number of rotatable bonds is 7. The summed E-state index contributed by atoms with van der Waals surface area (Å²) in [6.45, 7) is 2.13. The highest BCUT2D eigenvalue weighted by atomic mass is 16.5. The summed E-state index contributed by atoms with van der Waals surface area (Å²) in [5, 5.41) is 0. The van der Waals surface area contributed by atoms with Crippen molar-refractivity contribution < 1.29 is 14.3 Å². The molecular weight excluding hydrogens is 230 g/mol. The van der Waals surface area contributed by atoms with Crippen molar-refractivity contribution in [2.75, 3.05) is 40.5 Å². The minimum Gasteiger partial charge on any atom is -0.382 e. The molecule has 0 aromatic rings. The summed E-state index contributed by atoms with van der Waals surface area (Å²) < 4.78 is 10.1. The molecule has 2 aliphatic carbocycles. The molecule has 18 heavy (non-hydrogen) atoms. The molecule has 0 N–H and O–H groups in total. The Morgan fingerprint density at radius 1 is 1.28 bits per heavy atom. The zero-order chi connectivity index (χ0) is 13.0. The van der Waals surface area contributed by atoms with Crippen LogP contribution in [0.3, 0.4) is 0 Å². The van der Waals surface area contributed by atoms with Gasteiger partial charge in [-0.25, -0.2) is 0 Å². The van der Waals surface area contributed by atoms with Gasteiger partial charge >= 0.3 is 0 Å². The minimum atomic E-state index is 0.0916. The van der Waals surface area contributed by atoms with Crippen molar-refractivity contribution >= 4 is 5.91 Å². The highest BCUT2D eigenvalue weighted by Crippen LogP contribution is 2.48. The Bertz CT molecular complexity index is 282. The Balaban J connectivity index is 1.64. The van der Waals surface area contributed by atoms with E-state index in [1.807, 2.05) is 11.9 Å². The van der Waals surface area contributed by atoms with Gasteiger partial charge in [-0.1, -0.05) is 6.42 Å². The van der Waals surface area contributed by atoms with Crippen LogP contribution in [0.5, 0.6) is 0 Å². The second-order valence-electron chi connectivity index (χ2n) is 5.75. The average molecular weight is 255 g/mol. The number of hydrogen-bond acceptors (Lipinski definition) is 3. The fourth-order valence-corrected chi connectivity index (χ4v) is 3.47. The Hall–Kier alpha value is -0.610. The lowest BCUT2D eigenvalue weighted by molar-refractivity contribution is -0.136. The van der Waals surface area contributed by atoms with Gasteiger partial charge in [0, 0.05) is 20.7 Å². The molecule has 4 nitrogen and oxygen atoms in total. The number of ether oxygens (including phenoxy) is 2. The number of carbonyl (C=O) groups is 1. The SMILES string of the molecule is COCCOCC(=O)N(C)CC1CC2CCC1C2. The van der Waals surface area contributed by atoms with Gasteiger partial charge < -0.3 is 14.4 Å². The van der Waals surface area contributed by atoms with Crippen LogP contribution in [-0.4, -0.2) is 51.3 Å². The second-order valence-corrected chi connectivity index (χ2v) is 5.75. The molecule has 0 aromatic carbocycles. The molecule has 0 spiro atoms. The zero-order valence-electron chi connectivity index (χ0n) is 11.6. The van der Waals surface area contributed by atoms with Crippen LogP contribution in [-0.2, 0) is 14.3 Å². The number of likely N-dealkylation sites (N-methyl/N-ethyl adjacent to an activating group) is 1. The van der Waals surface area contributed by atoms with Crippen molar-refractivity contribution in [3.05, 3.63) is 0 Å². The smallest absolute Gasteiger partial charge is 0.248 e. The van der Waals surface area contributed by atoms with E-state index in [4.69, 9.17) is 9.47 Å². The van der Waals surface area contributed by atoms with Crippen LogP contribution < -0.4 is 0 Å². The zero-order valence-corrected chi connectivity index (χ0v) is 11.6. The quantitative estimate of drug-likeness (QED) is 0.648. The molecule has 0 radical (unpaired) electrons. The Morgan fingerprint density at radius 3 is 2.72 bits per heavy atom. The first-order chi connectivity index (χ1) is 8.70. The molecule has 2 rings (SSSR count). The van der Waals surface area contributed by atoms with Crippen molar-refractivity contribution in [1.29, 1.82) is 0 Å². The summed E-state index contributed by atoms with van der Waals surface area (Å²) in [4.78, 5) is 13.7. The van der Waals surface area contributed by atoms with E-state index in [1.165, 1.54) is 25.7 Å². The molecule has 0 aliphatic heterocycles. The van der Waals surface area contributed by atoms with Gasteiger partial charge in [0.25, 0.3) is 0 Å². The van der Waals surface area contributed by atoms with Gasteiger partial charge in [0.1, 0.15) is 6.61 Å². The third kappa shape index (κ3) is 3.45. The maximum absolute atomic E-state index is 11.9. The molecule has 3 atom stereocenters. The van der Waals surface area contributed by atoms with Crippen molar-refractivity contribution in [3.63, 3.8) is 0 Å². The summed E-state index contributed by atoms with van der Waals surface area (Å²) in [5.74, 6) is 2.65. The normalized spacial score (nSPS) is 29.8. The van der Waals surface area contributed by atoms with Crippen molar-refractivity contribution in [2.45, 2.75) is 25.7 Å². The predicted octanol–water partition coefficient (Wildman–Crippen LogP) is 1.54. The van der Waals surface area contributed by atoms with Gasteiger partial charge in [0.15, 0.2) is 0 Å². The maximum Gasteiger partial charge on any atom is 0.248 e. The number of methoxy groups -OCH3 is 1. The molecule has 2 aliphatic rings. The van der Waals surface area contributed by atoms with Crippen LogP contribution in [0.25, 0.3) is 0 Å². The van der Waals surface area contributed by atoms with E-state index >= 15 is 0 Å². The van der Waals surface area contributed by atoms with E-state index in [2.05, 4.69) is 0 Å². The van der Waals surface area contributed by atoms with E-state index in [0.29, 0.717) is 13.2 Å². The summed E-state index contributed by atoms with van der Waals surface area (Å²) in [6.07, 6.45) is 5.52. The topological polar surface area (TPSA) is 38.8 Å². The largest absolute Gasteiger partial charge is 0.382 e. The summed E-state index contributed by atoms with van der Waals surface area (Å²) in [7, 11) is 3.53. The number of carbonyl (C=O) groups excluding carboxylic acids is 1. The average Bonchev–Trinajstić information content (AvgIpc) is 2.96. The van der Waals surface area contributed by atoms with Crippen molar-refractivity contribution in [2.24, 2.45) is 17.8 Å². The van der Waals surface area contributed by atoms with Crippen LogP contribution >= 0.6 is 0 Å². The van der Waals surface area contributed by atoms with Crippen molar-refractivity contribution in [1.82, 2.24) is 4.90 Å². The molecule has 3 unspecified atom stereocenters. The van der Waals surface area contributed by atoms with Gasteiger partial charge in [-0.3, -0.25) is 4.79 Å². The number of amides is 1. The number of hydrogen-bond donors (Lipinski definition) is 0. The lowest BCUT2D eigenvalue weighted by Crippen LogP contribution is -2.36. The standard InChI is InChI=1S/C14H25NO3/c1-15(14(16)10-18-6-5-17-2)9-13-8-11-3-4-12(13)7-11/h11-13H,3-10H2,1-2H3.